The monoisotopic (exact) mass is 481 g/mol. The van der Waals surface area contributed by atoms with Gasteiger partial charge in [-0.25, -0.2) is 0 Å². The highest BCUT2D eigenvalue weighted by Gasteiger charge is 2.30. The summed E-state index contributed by atoms with van der Waals surface area (Å²) in [6, 6.07) is 23.6. The number of rotatable bonds is 10. The average Bonchev–Trinajstić information content (AvgIpc) is 2.80. The van der Waals surface area contributed by atoms with Crippen LogP contribution in [-0.4, -0.2) is 18.2 Å². The van der Waals surface area contributed by atoms with Gasteiger partial charge in [0.25, 0.3) is 0 Å². The Kier molecular flexibility index (Phi) is 9.11. The SMILES string of the molecule is Cc1cccc(N(C(=O)CCCC=O)C(C)C(Cc2ccc(Cl)cc2)c2ccc(Cl)cc2)c1. The van der Waals surface area contributed by atoms with Crippen molar-refractivity contribution in [1.82, 2.24) is 0 Å². The largest absolute Gasteiger partial charge is 0.309 e. The van der Waals surface area contributed by atoms with E-state index in [1.807, 2.05) is 84.6 Å². The predicted octanol–water partition coefficient (Wildman–Crippen LogP) is 7.42. The van der Waals surface area contributed by atoms with Crippen LogP contribution < -0.4 is 4.90 Å². The molecule has 3 aromatic rings. The molecule has 2 unspecified atom stereocenters. The maximum absolute atomic E-state index is 13.4. The molecule has 172 valence electrons. The lowest BCUT2D eigenvalue weighted by Gasteiger charge is -2.36. The molecule has 0 fully saturated rings. The molecule has 1 amide bonds. The third-order valence-corrected chi connectivity index (χ3v) is 6.42. The van der Waals surface area contributed by atoms with Gasteiger partial charge in [-0.2, -0.15) is 0 Å². The first-order chi connectivity index (χ1) is 15.9. The molecule has 0 spiro atoms. The second-order valence-corrected chi connectivity index (χ2v) is 9.26. The van der Waals surface area contributed by atoms with Gasteiger partial charge in [-0.1, -0.05) is 59.6 Å². The quantitative estimate of drug-likeness (QED) is 0.223. The fraction of sp³-hybridized carbons (Fsp3) is 0.286. The van der Waals surface area contributed by atoms with Crippen LogP contribution in [0.25, 0.3) is 0 Å². The molecule has 0 aliphatic rings. The van der Waals surface area contributed by atoms with Crippen LogP contribution in [0.5, 0.6) is 0 Å². The molecule has 0 aromatic heterocycles. The second-order valence-electron chi connectivity index (χ2n) is 8.39. The Morgan fingerprint density at radius 2 is 1.61 bits per heavy atom. The number of aldehydes is 1. The van der Waals surface area contributed by atoms with Gasteiger partial charge in [0.05, 0.1) is 0 Å². The lowest BCUT2D eigenvalue weighted by atomic mass is 9.85. The molecule has 33 heavy (non-hydrogen) atoms. The molecule has 0 saturated carbocycles. The summed E-state index contributed by atoms with van der Waals surface area (Å²) in [5.41, 5.74) is 4.21. The first-order valence-electron chi connectivity index (χ1n) is 11.2. The first kappa shape index (κ1) is 25.0. The molecular formula is C28H29Cl2NO2. The molecule has 0 saturated heterocycles. The van der Waals surface area contributed by atoms with Gasteiger partial charge in [-0.3, -0.25) is 4.79 Å². The van der Waals surface area contributed by atoms with Crippen LogP contribution in [0.2, 0.25) is 10.0 Å². The fourth-order valence-corrected chi connectivity index (χ4v) is 4.42. The van der Waals surface area contributed by atoms with E-state index in [-0.39, 0.29) is 17.9 Å². The predicted molar refractivity (Wildman–Crippen MR) is 137 cm³/mol. The Labute approximate surface area is 206 Å². The smallest absolute Gasteiger partial charge is 0.227 e. The number of carbonyl (C=O) groups is 2. The van der Waals surface area contributed by atoms with E-state index >= 15 is 0 Å². The summed E-state index contributed by atoms with van der Waals surface area (Å²) in [7, 11) is 0. The van der Waals surface area contributed by atoms with Crippen molar-refractivity contribution >= 4 is 41.1 Å². The van der Waals surface area contributed by atoms with Crippen molar-refractivity contribution < 1.29 is 9.59 Å². The van der Waals surface area contributed by atoms with Gasteiger partial charge in [-0.05, 0) is 79.8 Å². The number of amides is 1. The molecule has 0 radical (unpaired) electrons. The molecule has 0 aliphatic carbocycles. The van der Waals surface area contributed by atoms with Crippen molar-refractivity contribution in [3.05, 3.63) is 99.5 Å². The molecule has 0 bridgehead atoms. The number of halogens is 2. The standard InChI is InChI=1S/C28H29Cl2NO2/c1-20-6-5-7-26(18-20)31(28(33)8-3-4-17-32)21(2)27(23-11-15-25(30)16-12-23)19-22-9-13-24(29)14-10-22/h5-7,9-18,21,27H,3-4,8,19H2,1-2H3. The zero-order chi connectivity index (χ0) is 23.8. The molecule has 5 heteroatoms. The molecule has 0 N–H and O–H groups in total. The molecule has 0 aliphatic heterocycles. The minimum atomic E-state index is -0.132. The van der Waals surface area contributed by atoms with E-state index in [9.17, 15) is 9.59 Å². The van der Waals surface area contributed by atoms with Crippen LogP contribution >= 0.6 is 23.2 Å². The van der Waals surface area contributed by atoms with Crippen molar-refractivity contribution in [3.8, 4) is 0 Å². The summed E-state index contributed by atoms with van der Waals surface area (Å²) in [5.74, 6) is 0.0454. The van der Waals surface area contributed by atoms with E-state index in [2.05, 4.69) is 6.92 Å². The highest BCUT2D eigenvalue weighted by atomic mass is 35.5. The zero-order valence-corrected chi connectivity index (χ0v) is 20.5. The number of unbranched alkanes of at least 4 members (excludes halogenated alkanes) is 1. The lowest BCUT2D eigenvalue weighted by molar-refractivity contribution is -0.119. The molecule has 0 heterocycles. The van der Waals surface area contributed by atoms with Crippen LogP contribution in [0.3, 0.4) is 0 Å². The third kappa shape index (κ3) is 6.93. The van der Waals surface area contributed by atoms with Gasteiger partial charge >= 0.3 is 0 Å². The molecular weight excluding hydrogens is 453 g/mol. The van der Waals surface area contributed by atoms with Crippen molar-refractivity contribution in [1.29, 1.82) is 0 Å². The molecule has 3 rings (SSSR count). The van der Waals surface area contributed by atoms with Gasteiger partial charge in [-0.15, -0.1) is 0 Å². The van der Waals surface area contributed by atoms with E-state index in [4.69, 9.17) is 23.2 Å². The number of anilines is 1. The van der Waals surface area contributed by atoms with E-state index in [0.29, 0.717) is 29.3 Å². The third-order valence-electron chi connectivity index (χ3n) is 5.92. The van der Waals surface area contributed by atoms with E-state index in [1.54, 1.807) is 0 Å². The van der Waals surface area contributed by atoms with Crippen LogP contribution in [0.15, 0.2) is 72.8 Å². The summed E-state index contributed by atoms with van der Waals surface area (Å²) in [4.78, 5) is 26.1. The topological polar surface area (TPSA) is 37.4 Å². The van der Waals surface area contributed by atoms with Gasteiger partial charge in [0, 0.05) is 40.5 Å². The Morgan fingerprint density at radius 3 is 2.21 bits per heavy atom. The highest BCUT2D eigenvalue weighted by molar-refractivity contribution is 6.30. The zero-order valence-electron chi connectivity index (χ0n) is 19.0. The number of nitrogens with zero attached hydrogens (tertiary/aromatic N) is 1. The summed E-state index contributed by atoms with van der Waals surface area (Å²) in [6.45, 7) is 4.11. The Morgan fingerprint density at radius 1 is 0.970 bits per heavy atom. The molecule has 3 aromatic carbocycles. The number of hydrogen-bond acceptors (Lipinski definition) is 2. The summed E-state index contributed by atoms with van der Waals surface area (Å²) in [5, 5.41) is 1.37. The van der Waals surface area contributed by atoms with Crippen LogP contribution in [-0.2, 0) is 16.0 Å². The van der Waals surface area contributed by atoms with Crippen LogP contribution in [0.4, 0.5) is 5.69 Å². The van der Waals surface area contributed by atoms with Crippen molar-refractivity contribution in [2.45, 2.75) is 51.5 Å². The summed E-state index contributed by atoms with van der Waals surface area (Å²) < 4.78 is 0. The van der Waals surface area contributed by atoms with Crippen molar-refractivity contribution in [3.63, 3.8) is 0 Å². The maximum atomic E-state index is 13.4. The Bertz CT molecular complexity index is 1060. The Balaban J connectivity index is 2.01. The van der Waals surface area contributed by atoms with E-state index in [0.717, 1.165) is 35.1 Å². The fourth-order valence-electron chi connectivity index (χ4n) is 4.17. The molecule has 2 atom stereocenters. The second kappa shape index (κ2) is 12.0. The lowest BCUT2D eigenvalue weighted by Crippen LogP contribution is -2.43. The van der Waals surface area contributed by atoms with Crippen molar-refractivity contribution in [2.75, 3.05) is 4.90 Å². The number of benzene rings is 3. The number of aryl methyl sites for hydroxylation is 1. The first-order valence-corrected chi connectivity index (χ1v) is 12.0. The highest BCUT2D eigenvalue weighted by Crippen LogP contribution is 2.33. The summed E-state index contributed by atoms with van der Waals surface area (Å²) >= 11 is 12.3. The number of hydrogen-bond donors (Lipinski definition) is 0. The van der Waals surface area contributed by atoms with E-state index in [1.165, 1.54) is 0 Å². The van der Waals surface area contributed by atoms with Crippen LogP contribution in [0.1, 0.15) is 48.8 Å². The minimum Gasteiger partial charge on any atom is -0.309 e. The van der Waals surface area contributed by atoms with Gasteiger partial charge in [0.2, 0.25) is 5.91 Å². The summed E-state index contributed by atoms with van der Waals surface area (Å²) in [6.07, 6.45) is 2.85. The van der Waals surface area contributed by atoms with Crippen molar-refractivity contribution in [2.24, 2.45) is 0 Å². The van der Waals surface area contributed by atoms with Gasteiger partial charge in [0.15, 0.2) is 0 Å². The maximum Gasteiger partial charge on any atom is 0.227 e. The number of carbonyl (C=O) groups excluding carboxylic acids is 2. The van der Waals surface area contributed by atoms with Gasteiger partial charge < -0.3 is 9.69 Å². The minimum absolute atomic E-state index is 0.0185. The molecule has 3 nitrogen and oxygen atoms in total. The van der Waals surface area contributed by atoms with Crippen LogP contribution in [0, 0.1) is 6.92 Å². The Hall–Kier alpha value is -2.62. The normalized spacial score (nSPS) is 12.7. The van der Waals surface area contributed by atoms with Gasteiger partial charge in [0.1, 0.15) is 6.29 Å². The average molecular weight is 482 g/mol. The van der Waals surface area contributed by atoms with E-state index < -0.39 is 0 Å².